The molecule has 1 fully saturated rings. The predicted octanol–water partition coefficient (Wildman–Crippen LogP) is 2.98. The normalized spacial score (nSPS) is 25.4. The van der Waals surface area contributed by atoms with Gasteiger partial charge in [0.2, 0.25) is 0 Å². The second kappa shape index (κ2) is 5.87. The van der Waals surface area contributed by atoms with Crippen molar-refractivity contribution in [1.82, 2.24) is 4.90 Å². The van der Waals surface area contributed by atoms with Gasteiger partial charge in [0, 0.05) is 12.4 Å². The molecule has 1 aliphatic rings. The van der Waals surface area contributed by atoms with Crippen molar-refractivity contribution in [2.75, 3.05) is 25.5 Å². The van der Waals surface area contributed by atoms with Crippen molar-refractivity contribution in [2.24, 2.45) is 11.8 Å². The van der Waals surface area contributed by atoms with Gasteiger partial charge in [-0.05, 0) is 44.2 Å². The van der Waals surface area contributed by atoms with Gasteiger partial charge >= 0.3 is 0 Å². The molecule has 2 heteroatoms. The smallest absolute Gasteiger partial charge is 0.0263 e. The fraction of sp³-hybridized carbons (Fsp3) is 1.00. The Morgan fingerprint density at radius 2 is 2.23 bits per heavy atom. The summed E-state index contributed by atoms with van der Waals surface area (Å²) in [5, 5.41) is 0. The van der Waals surface area contributed by atoms with E-state index in [4.69, 9.17) is 11.6 Å². The zero-order chi connectivity index (χ0) is 9.68. The molecular weight excluding hydrogens is 182 g/mol. The Labute approximate surface area is 87.4 Å². The van der Waals surface area contributed by atoms with Gasteiger partial charge in [-0.3, -0.25) is 0 Å². The summed E-state index contributed by atoms with van der Waals surface area (Å²) in [6.07, 6.45) is 4.01. The van der Waals surface area contributed by atoms with Crippen LogP contribution in [-0.2, 0) is 0 Å². The van der Waals surface area contributed by atoms with Crippen LogP contribution in [0.1, 0.15) is 33.1 Å². The molecule has 0 radical (unpaired) electrons. The van der Waals surface area contributed by atoms with E-state index < -0.39 is 0 Å². The predicted molar refractivity (Wildman–Crippen MR) is 59.3 cm³/mol. The molecule has 1 rings (SSSR count). The van der Waals surface area contributed by atoms with E-state index in [-0.39, 0.29) is 0 Å². The molecular formula is C11H22ClN. The number of piperidine rings is 1. The van der Waals surface area contributed by atoms with Crippen LogP contribution >= 0.6 is 11.6 Å². The summed E-state index contributed by atoms with van der Waals surface area (Å²) in [7, 11) is 0. The molecule has 0 spiro atoms. The Hall–Kier alpha value is 0.250. The molecule has 1 nitrogen and oxygen atoms in total. The molecule has 0 bridgehead atoms. The third kappa shape index (κ3) is 4.33. The molecule has 13 heavy (non-hydrogen) atoms. The number of hydrogen-bond donors (Lipinski definition) is 0. The van der Waals surface area contributed by atoms with Gasteiger partial charge in [0.05, 0.1) is 0 Å². The second-order valence-electron chi connectivity index (χ2n) is 4.65. The van der Waals surface area contributed by atoms with Crippen molar-refractivity contribution in [3.63, 3.8) is 0 Å². The molecule has 0 aromatic heterocycles. The van der Waals surface area contributed by atoms with Crippen LogP contribution in [0.3, 0.4) is 0 Å². The molecule has 0 saturated carbocycles. The van der Waals surface area contributed by atoms with Crippen molar-refractivity contribution in [3.05, 3.63) is 0 Å². The number of nitrogens with zero attached hydrogens (tertiary/aromatic N) is 1. The van der Waals surface area contributed by atoms with Gasteiger partial charge in [-0.25, -0.2) is 0 Å². The summed E-state index contributed by atoms with van der Waals surface area (Å²) in [4.78, 5) is 2.58. The molecule has 1 aliphatic heterocycles. The molecule has 0 N–H and O–H groups in total. The summed E-state index contributed by atoms with van der Waals surface area (Å²) in [5.41, 5.74) is 0. The maximum atomic E-state index is 5.88. The maximum Gasteiger partial charge on any atom is 0.0263 e. The van der Waals surface area contributed by atoms with Gasteiger partial charge in [-0.2, -0.15) is 0 Å². The average molecular weight is 204 g/mol. The monoisotopic (exact) mass is 203 g/mol. The Morgan fingerprint density at radius 1 is 1.46 bits per heavy atom. The lowest BCUT2D eigenvalue weighted by atomic mass is 9.99. The maximum absolute atomic E-state index is 5.88. The third-order valence-corrected chi connectivity index (χ3v) is 3.28. The number of hydrogen-bond acceptors (Lipinski definition) is 1. The molecule has 1 atom stereocenters. The summed E-state index contributed by atoms with van der Waals surface area (Å²) in [6.45, 7) is 8.38. The van der Waals surface area contributed by atoms with E-state index in [1.807, 2.05) is 0 Å². The fourth-order valence-corrected chi connectivity index (χ4v) is 2.17. The van der Waals surface area contributed by atoms with Crippen LogP contribution in [0.5, 0.6) is 0 Å². The van der Waals surface area contributed by atoms with Crippen molar-refractivity contribution in [2.45, 2.75) is 33.1 Å². The van der Waals surface area contributed by atoms with Crippen molar-refractivity contribution in [1.29, 1.82) is 0 Å². The number of likely N-dealkylation sites (tertiary alicyclic amines) is 1. The van der Waals surface area contributed by atoms with E-state index in [0.717, 1.165) is 17.7 Å². The highest BCUT2D eigenvalue weighted by molar-refractivity contribution is 6.18. The molecule has 1 heterocycles. The molecule has 0 aromatic carbocycles. The van der Waals surface area contributed by atoms with Crippen LogP contribution in [-0.4, -0.2) is 30.4 Å². The van der Waals surface area contributed by atoms with E-state index in [9.17, 15) is 0 Å². The summed E-state index contributed by atoms with van der Waals surface area (Å²) in [5.74, 6) is 2.43. The lowest BCUT2D eigenvalue weighted by Gasteiger charge is -2.32. The largest absolute Gasteiger partial charge is 0.303 e. The topological polar surface area (TPSA) is 3.24 Å². The van der Waals surface area contributed by atoms with Gasteiger partial charge in [0.25, 0.3) is 0 Å². The van der Waals surface area contributed by atoms with Crippen LogP contribution < -0.4 is 0 Å². The highest BCUT2D eigenvalue weighted by Gasteiger charge is 2.18. The van der Waals surface area contributed by atoms with Gasteiger partial charge in [-0.15, -0.1) is 11.6 Å². The molecule has 0 aliphatic carbocycles. The molecule has 0 amide bonds. The Kier molecular flexibility index (Phi) is 5.12. The van der Waals surface area contributed by atoms with Crippen LogP contribution in [0, 0.1) is 11.8 Å². The molecule has 1 saturated heterocycles. The minimum absolute atomic E-state index is 0.752. The van der Waals surface area contributed by atoms with Crippen molar-refractivity contribution >= 4 is 11.6 Å². The first kappa shape index (κ1) is 11.3. The van der Waals surface area contributed by atoms with Gasteiger partial charge in [-0.1, -0.05) is 13.8 Å². The van der Waals surface area contributed by atoms with Crippen molar-refractivity contribution < 1.29 is 0 Å². The van der Waals surface area contributed by atoms with Gasteiger partial charge in [0.15, 0.2) is 0 Å². The lowest BCUT2D eigenvalue weighted by Crippen LogP contribution is -2.37. The van der Waals surface area contributed by atoms with Gasteiger partial charge < -0.3 is 4.90 Å². The number of halogens is 1. The standard InChI is InChI=1S/C11H22ClN/c1-10(2)5-7-13-6-3-4-11(8-12)9-13/h10-11H,3-9H2,1-2H3. The minimum Gasteiger partial charge on any atom is -0.303 e. The number of rotatable bonds is 4. The number of alkyl halides is 1. The van der Waals surface area contributed by atoms with E-state index in [1.165, 1.54) is 38.9 Å². The summed E-state index contributed by atoms with van der Waals surface area (Å²) < 4.78 is 0. The van der Waals surface area contributed by atoms with Gasteiger partial charge in [0.1, 0.15) is 0 Å². The van der Waals surface area contributed by atoms with Crippen LogP contribution in [0.25, 0.3) is 0 Å². The highest BCUT2D eigenvalue weighted by Crippen LogP contribution is 2.18. The summed E-state index contributed by atoms with van der Waals surface area (Å²) >= 11 is 5.88. The Bertz CT molecular complexity index is 136. The zero-order valence-electron chi connectivity index (χ0n) is 8.93. The van der Waals surface area contributed by atoms with Crippen LogP contribution in [0.2, 0.25) is 0 Å². The van der Waals surface area contributed by atoms with E-state index in [2.05, 4.69) is 18.7 Å². The Morgan fingerprint density at radius 3 is 2.85 bits per heavy atom. The zero-order valence-corrected chi connectivity index (χ0v) is 9.69. The van der Waals surface area contributed by atoms with Crippen LogP contribution in [0.15, 0.2) is 0 Å². The van der Waals surface area contributed by atoms with E-state index in [0.29, 0.717) is 0 Å². The SMILES string of the molecule is CC(C)CCN1CCCC(CCl)C1. The molecule has 1 unspecified atom stereocenters. The van der Waals surface area contributed by atoms with E-state index >= 15 is 0 Å². The molecule has 0 aromatic rings. The molecule has 78 valence electrons. The Balaban J connectivity index is 2.18. The first-order valence-electron chi connectivity index (χ1n) is 5.50. The van der Waals surface area contributed by atoms with Crippen molar-refractivity contribution in [3.8, 4) is 0 Å². The fourth-order valence-electron chi connectivity index (χ4n) is 1.92. The highest BCUT2D eigenvalue weighted by atomic mass is 35.5. The minimum atomic E-state index is 0.752. The third-order valence-electron chi connectivity index (χ3n) is 2.84. The quantitative estimate of drug-likeness (QED) is 0.636. The summed E-state index contributed by atoms with van der Waals surface area (Å²) in [6, 6.07) is 0. The first-order valence-corrected chi connectivity index (χ1v) is 6.04. The van der Waals surface area contributed by atoms with E-state index in [1.54, 1.807) is 0 Å². The average Bonchev–Trinajstić information content (AvgIpc) is 2.15. The van der Waals surface area contributed by atoms with Crippen LogP contribution in [0.4, 0.5) is 0 Å². The first-order chi connectivity index (χ1) is 6.22. The lowest BCUT2D eigenvalue weighted by molar-refractivity contribution is 0.177. The second-order valence-corrected chi connectivity index (χ2v) is 4.95.